The molecule has 29 heavy (non-hydrogen) atoms. The number of rotatable bonds is 6. The minimum absolute atomic E-state index is 0.306. The maximum Gasteiger partial charge on any atom is 0.140 e. The number of nitrogens with one attached hydrogen (secondary N) is 1. The normalized spacial score (nSPS) is 18.4. The van der Waals surface area contributed by atoms with E-state index in [2.05, 4.69) is 72.6 Å². The number of fused-ring (bicyclic) bond motifs is 3. The van der Waals surface area contributed by atoms with Crippen molar-refractivity contribution in [3.8, 4) is 23.0 Å². The first-order chi connectivity index (χ1) is 14.2. The van der Waals surface area contributed by atoms with E-state index in [1.807, 2.05) is 23.5 Å². The van der Waals surface area contributed by atoms with Gasteiger partial charge in [0.2, 0.25) is 0 Å². The highest BCUT2D eigenvalue weighted by atomic mass is 32.2. The van der Waals surface area contributed by atoms with E-state index in [9.17, 15) is 5.11 Å². The molecule has 4 rings (SSSR count). The molecule has 1 heterocycles. The van der Waals surface area contributed by atoms with Crippen LogP contribution in [0.1, 0.15) is 43.7 Å². The average Bonchev–Trinajstić information content (AvgIpc) is 3.04. The van der Waals surface area contributed by atoms with Gasteiger partial charge in [-0.15, -0.1) is 29.4 Å². The lowest BCUT2D eigenvalue weighted by molar-refractivity contribution is 0.0691. The van der Waals surface area contributed by atoms with E-state index in [0.29, 0.717) is 0 Å². The Morgan fingerprint density at radius 3 is 2.21 bits per heavy atom. The molecule has 152 valence electrons. The lowest BCUT2D eigenvalue weighted by Gasteiger charge is -2.47. The molecule has 1 aliphatic carbocycles. The molecule has 1 aliphatic heterocycles. The van der Waals surface area contributed by atoms with Gasteiger partial charge in [-0.25, -0.2) is 0 Å². The summed E-state index contributed by atoms with van der Waals surface area (Å²) < 4.78 is -0.306. The summed E-state index contributed by atoms with van der Waals surface area (Å²) >= 11 is 3.87. The van der Waals surface area contributed by atoms with Crippen molar-refractivity contribution in [1.82, 2.24) is 5.32 Å². The van der Waals surface area contributed by atoms with Crippen molar-refractivity contribution in [3.63, 3.8) is 0 Å². The van der Waals surface area contributed by atoms with Crippen LogP contribution in [0.2, 0.25) is 0 Å². The van der Waals surface area contributed by atoms with Crippen LogP contribution in [0.5, 0.6) is 0 Å². The lowest BCUT2D eigenvalue weighted by atomic mass is 9.85. The van der Waals surface area contributed by atoms with Crippen molar-refractivity contribution in [3.05, 3.63) is 59.7 Å². The van der Waals surface area contributed by atoms with Gasteiger partial charge in [0, 0.05) is 6.42 Å². The smallest absolute Gasteiger partial charge is 0.140 e. The molecule has 2 aromatic rings. The van der Waals surface area contributed by atoms with Crippen molar-refractivity contribution in [2.45, 2.75) is 42.3 Å². The summed E-state index contributed by atoms with van der Waals surface area (Å²) in [4.78, 5) is 0. The molecule has 0 atom stereocenters. The fourth-order valence-corrected chi connectivity index (χ4v) is 8.04. The predicted molar refractivity (Wildman–Crippen MR) is 127 cm³/mol. The standard InChI is InChI=1S/C25H29NOS2/c1-2-16-26-17-9-3-8-15-24(28-18-10-19-29-24)25(27)22-13-6-4-11-20(22)21-12-5-7-14-23(21)25/h4-7,11-14,26-27H,2,8,10,15-19H2,1H3. The van der Waals surface area contributed by atoms with Gasteiger partial charge < -0.3 is 10.4 Å². The van der Waals surface area contributed by atoms with Crippen molar-refractivity contribution in [1.29, 1.82) is 0 Å². The molecule has 2 aliphatic rings. The molecular weight excluding hydrogens is 394 g/mol. The molecule has 4 heteroatoms. The van der Waals surface area contributed by atoms with E-state index >= 15 is 0 Å². The van der Waals surface area contributed by atoms with Crippen LogP contribution in [0.25, 0.3) is 11.1 Å². The second kappa shape index (κ2) is 9.18. The van der Waals surface area contributed by atoms with Crippen molar-refractivity contribution in [2.24, 2.45) is 0 Å². The molecule has 2 nitrogen and oxygen atoms in total. The monoisotopic (exact) mass is 423 g/mol. The Balaban J connectivity index is 1.68. The molecular formula is C25H29NOS2. The minimum atomic E-state index is -0.988. The Hall–Kier alpha value is -1.38. The van der Waals surface area contributed by atoms with Crippen LogP contribution in [-0.2, 0) is 5.60 Å². The number of thioether (sulfide) groups is 2. The van der Waals surface area contributed by atoms with Gasteiger partial charge in [0.25, 0.3) is 0 Å². The molecule has 0 aromatic heterocycles. The first-order valence-electron chi connectivity index (χ1n) is 10.6. The van der Waals surface area contributed by atoms with Gasteiger partial charge in [-0.1, -0.05) is 61.4 Å². The maximum atomic E-state index is 12.4. The lowest BCUT2D eigenvalue weighted by Crippen LogP contribution is -2.48. The van der Waals surface area contributed by atoms with E-state index in [4.69, 9.17) is 0 Å². The maximum absolute atomic E-state index is 12.4. The predicted octanol–water partition coefficient (Wildman–Crippen LogP) is 5.25. The van der Waals surface area contributed by atoms with Gasteiger partial charge in [0.05, 0.1) is 10.6 Å². The zero-order valence-corrected chi connectivity index (χ0v) is 18.7. The average molecular weight is 424 g/mol. The van der Waals surface area contributed by atoms with Gasteiger partial charge in [0.1, 0.15) is 5.60 Å². The van der Waals surface area contributed by atoms with Crippen LogP contribution in [-0.4, -0.2) is 33.8 Å². The highest BCUT2D eigenvalue weighted by Gasteiger charge is 2.58. The van der Waals surface area contributed by atoms with Crippen LogP contribution in [0, 0.1) is 11.8 Å². The third kappa shape index (κ3) is 3.75. The third-order valence-electron chi connectivity index (χ3n) is 5.78. The van der Waals surface area contributed by atoms with Crippen molar-refractivity contribution < 1.29 is 5.11 Å². The molecule has 0 amide bonds. The second-order valence-corrected chi connectivity index (χ2v) is 10.7. The third-order valence-corrected chi connectivity index (χ3v) is 9.40. The summed E-state index contributed by atoms with van der Waals surface area (Å²) in [5, 5.41) is 15.8. The summed E-state index contributed by atoms with van der Waals surface area (Å²) in [5.74, 6) is 8.79. The van der Waals surface area contributed by atoms with Gasteiger partial charge in [-0.2, -0.15) is 0 Å². The molecule has 0 bridgehead atoms. The molecule has 2 N–H and O–H groups in total. The van der Waals surface area contributed by atoms with Crippen LogP contribution in [0.15, 0.2) is 48.5 Å². The number of aliphatic hydroxyl groups is 1. The topological polar surface area (TPSA) is 32.3 Å². The fraction of sp³-hybridized carbons (Fsp3) is 0.440. The van der Waals surface area contributed by atoms with Crippen LogP contribution >= 0.6 is 23.5 Å². The van der Waals surface area contributed by atoms with Gasteiger partial charge in [-0.3, -0.25) is 0 Å². The van der Waals surface area contributed by atoms with Crippen LogP contribution in [0.4, 0.5) is 0 Å². The molecule has 1 saturated heterocycles. The summed E-state index contributed by atoms with van der Waals surface area (Å²) in [7, 11) is 0. The van der Waals surface area contributed by atoms with Crippen LogP contribution in [0.3, 0.4) is 0 Å². The zero-order chi connectivity index (χ0) is 20.2. The first-order valence-corrected chi connectivity index (χ1v) is 12.6. The first kappa shape index (κ1) is 20.9. The highest BCUT2D eigenvalue weighted by molar-refractivity contribution is 8.18. The summed E-state index contributed by atoms with van der Waals surface area (Å²) in [6, 6.07) is 16.8. The second-order valence-electron chi connectivity index (χ2n) is 7.64. The van der Waals surface area contributed by atoms with Crippen LogP contribution < -0.4 is 5.32 Å². The minimum Gasteiger partial charge on any atom is -0.378 e. The molecule has 0 unspecified atom stereocenters. The van der Waals surface area contributed by atoms with Gasteiger partial charge in [0.15, 0.2) is 0 Å². The summed E-state index contributed by atoms with van der Waals surface area (Å²) in [6.07, 6.45) is 4.01. The van der Waals surface area contributed by atoms with E-state index < -0.39 is 5.60 Å². The summed E-state index contributed by atoms with van der Waals surface area (Å²) in [6.45, 7) is 3.92. The zero-order valence-electron chi connectivity index (χ0n) is 17.0. The molecule has 1 fully saturated rings. The number of hydrogen-bond acceptors (Lipinski definition) is 4. The number of hydrogen-bond donors (Lipinski definition) is 2. The molecule has 0 saturated carbocycles. The molecule has 0 spiro atoms. The van der Waals surface area contributed by atoms with Crippen molar-refractivity contribution in [2.75, 3.05) is 24.6 Å². The Labute approximate surface area is 183 Å². The number of benzene rings is 2. The van der Waals surface area contributed by atoms with Gasteiger partial charge in [-0.05, 0) is 59.6 Å². The fourth-order valence-electron chi connectivity index (χ4n) is 4.44. The van der Waals surface area contributed by atoms with Gasteiger partial charge >= 0.3 is 0 Å². The quantitative estimate of drug-likeness (QED) is 0.491. The SMILES string of the molecule is CCCNCC#CCCC1(C2(O)c3ccccc3-c3ccccc32)SCCCS1. The van der Waals surface area contributed by atoms with E-state index in [0.717, 1.165) is 55.0 Å². The Morgan fingerprint density at radius 1 is 0.966 bits per heavy atom. The Kier molecular flexibility index (Phi) is 6.61. The Bertz CT molecular complexity index is 863. The molecule has 0 radical (unpaired) electrons. The van der Waals surface area contributed by atoms with E-state index in [1.165, 1.54) is 17.5 Å². The summed E-state index contributed by atoms with van der Waals surface area (Å²) in [5.41, 5.74) is 3.47. The van der Waals surface area contributed by atoms with Crippen molar-refractivity contribution >= 4 is 23.5 Å². The Morgan fingerprint density at radius 2 is 1.59 bits per heavy atom. The van der Waals surface area contributed by atoms with E-state index in [1.54, 1.807) is 0 Å². The van der Waals surface area contributed by atoms with E-state index in [-0.39, 0.29) is 4.08 Å². The highest BCUT2D eigenvalue weighted by Crippen LogP contribution is 2.63. The molecule has 2 aromatic carbocycles. The largest absolute Gasteiger partial charge is 0.378 e.